The van der Waals surface area contributed by atoms with Crippen LogP contribution in [0.25, 0.3) is 11.5 Å². The second-order valence-corrected chi connectivity index (χ2v) is 5.25. The summed E-state index contributed by atoms with van der Waals surface area (Å²) in [6.45, 7) is 1.83. The van der Waals surface area contributed by atoms with Crippen molar-refractivity contribution in [2.45, 2.75) is 19.5 Å². The molecule has 6 nitrogen and oxygen atoms in total. The van der Waals surface area contributed by atoms with E-state index < -0.39 is 12.3 Å². The number of nitrogens with zero attached hydrogens (tertiary/aromatic N) is 4. The number of rotatable bonds is 5. The van der Waals surface area contributed by atoms with Gasteiger partial charge in [0.15, 0.2) is 0 Å². The maximum atomic E-state index is 12.4. The third-order valence-corrected chi connectivity index (χ3v) is 3.34. The summed E-state index contributed by atoms with van der Waals surface area (Å²) in [5.74, 6) is -0.834. The van der Waals surface area contributed by atoms with Gasteiger partial charge < -0.3 is 9.15 Å². The van der Waals surface area contributed by atoms with Crippen molar-refractivity contribution in [3.05, 3.63) is 53.1 Å². The van der Waals surface area contributed by atoms with E-state index in [-0.39, 0.29) is 18.0 Å². The molecule has 3 aromatic rings. The number of alkyl halides is 2. The molecule has 0 spiro atoms. The zero-order chi connectivity index (χ0) is 17.1. The quantitative estimate of drug-likeness (QED) is 0.683. The average Bonchev–Trinajstić information content (AvgIpc) is 3.06. The Morgan fingerprint density at radius 2 is 1.92 bits per heavy atom. The first-order valence-electron chi connectivity index (χ1n) is 6.89. The van der Waals surface area contributed by atoms with Gasteiger partial charge in [-0.05, 0) is 24.6 Å². The number of benzene rings is 1. The lowest BCUT2D eigenvalue weighted by molar-refractivity contribution is 0.116. The molecule has 1 atom stereocenters. The first-order valence-corrected chi connectivity index (χ1v) is 7.27. The molecule has 0 amide bonds. The molecule has 3 rings (SSSR count). The Morgan fingerprint density at radius 3 is 2.54 bits per heavy atom. The van der Waals surface area contributed by atoms with Crippen molar-refractivity contribution in [1.82, 2.24) is 20.2 Å². The van der Waals surface area contributed by atoms with E-state index in [1.807, 2.05) is 19.1 Å². The standard InChI is InChI=1S/C15H11ClF2N4O2/c1-8(9-3-2-4-11(16)5-9)23-15-19-6-10(7-20-15)13-21-22-14(24-13)12(17)18/h2-8,12H,1H3. The van der Waals surface area contributed by atoms with Gasteiger partial charge in [-0.2, -0.15) is 8.78 Å². The van der Waals surface area contributed by atoms with E-state index in [2.05, 4.69) is 20.2 Å². The molecule has 0 aliphatic heterocycles. The summed E-state index contributed by atoms with van der Waals surface area (Å²) >= 11 is 5.94. The summed E-state index contributed by atoms with van der Waals surface area (Å²) in [5.41, 5.74) is 1.19. The van der Waals surface area contributed by atoms with Gasteiger partial charge in [0.1, 0.15) is 6.10 Å². The predicted octanol–water partition coefficient (Wildman–Crippen LogP) is 4.26. The van der Waals surface area contributed by atoms with E-state index in [4.69, 9.17) is 20.8 Å². The maximum absolute atomic E-state index is 12.4. The molecule has 0 radical (unpaired) electrons. The van der Waals surface area contributed by atoms with Crippen LogP contribution >= 0.6 is 11.6 Å². The minimum Gasteiger partial charge on any atom is -0.456 e. The van der Waals surface area contributed by atoms with E-state index >= 15 is 0 Å². The monoisotopic (exact) mass is 352 g/mol. The molecule has 9 heteroatoms. The molecule has 0 fully saturated rings. The van der Waals surface area contributed by atoms with Crippen molar-refractivity contribution < 1.29 is 17.9 Å². The normalized spacial score (nSPS) is 12.4. The average molecular weight is 353 g/mol. The molecule has 1 unspecified atom stereocenters. The number of aromatic nitrogens is 4. The summed E-state index contributed by atoms with van der Waals surface area (Å²) in [7, 11) is 0. The molecular weight excluding hydrogens is 342 g/mol. The highest BCUT2D eigenvalue weighted by atomic mass is 35.5. The predicted molar refractivity (Wildman–Crippen MR) is 80.8 cm³/mol. The van der Waals surface area contributed by atoms with Gasteiger partial charge in [0.05, 0.1) is 5.56 Å². The SMILES string of the molecule is CC(Oc1ncc(-c2nnc(C(F)F)o2)cn1)c1cccc(Cl)c1. The van der Waals surface area contributed by atoms with Gasteiger partial charge in [0, 0.05) is 17.4 Å². The Morgan fingerprint density at radius 1 is 1.17 bits per heavy atom. The number of halogens is 3. The minimum atomic E-state index is -2.83. The molecule has 0 saturated heterocycles. The van der Waals surface area contributed by atoms with E-state index in [0.717, 1.165) is 5.56 Å². The fraction of sp³-hybridized carbons (Fsp3) is 0.200. The third-order valence-electron chi connectivity index (χ3n) is 3.10. The molecule has 0 saturated carbocycles. The lowest BCUT2D eigenvalue weighted by atomic mass is 10.1. The molecule has 124 valence electrons. The minimum absolute atomic E-state index is 0.0836. The van der Waals surface area contributed by atoms with Gasteiger partial charge in [0.25, 0.3) is 11.8 Å². The Kier molecular flexibility index (Phi) is 4.66. The Bertz CT molecular complexity index is 826. The van der Waals surface area contributed by atoms with Crippen LogP contribution in [-0.4, -0.2) is 20.2 Å². The fourth-order valence-electron chi connectivity index (χ4n) is 1.91. The van der Waals surface area contributed by atoms with Crippen LogP contribution in [0.5, 0.6) is 6.01 Å². The van der Waals surface area contributed by atoms with Gasteiger partial charge >= 0.3 is 12.4 Å². The third kappa shape index (κ3) is 3.65. The smallest absolute Gasteiger partial charge is 0.316 e. The van der Waals surface area contributed by atoms with Crippen LogP contribution in [0.2, 0.25) is 5.02 Å². The first kappa shape index (κ1) is 16.3. The fourth-order valence-corrected chi connectivity index (χ4v) is 2.11. The van der Waals surface area contributed by atoms with Crippen molar-refractivity contribution in [2.75, 3.05) is 0 Å². The summed E-state index contributed by atoms with van der Waals surface area (Å²) in [6, 6.07) is 7.36. The van der Waals surface area contributed by atoms with E-state index in [0.29, 0.717) is 10.6 Å². The number of ether oxygens (including phenoxy) is 1. The van der Waals surface area contributed by atoms with Crippen molar-refractivity contribution in [1.29, 1.82) is 0 Å². The van der Waals surface area contributed by atoms with Crippen molar-refractivity contribution in [3.8, 4) is 17.5 Å². The van der Waals surface area contributed by atoms with Crippen LogP contribution in [0.15, 0.2) is 41.1 Å². The van der Waals surface area contributed by atoms with Gasteiger partial charge in [-0.3, -0.25) is 0 Å². The van der Waals surface area contributed by atoms with Crippen LogP contribution in [0.1, 0.15) is 30.9 Å². The molecule has 1 aromatic carbocycles. The Labute approximate surface area is 140 Å². The van der Waals surface area contributed by atoms with Crippen molar-refractivity contribution in [3.63, 3.8) is 0 Å². The molecule has 0 N–H and O–H groups in total. The Balaban J connectivity index is 1.72. The summed E-state index contributed by atoms with van der Waals surface area (Å²) in [4.78, 5) is 8.03. The second kappa shape index (κ2) is 6.88. The number of hydrogen-bond donors (Lipinski definition) is 0. The molecule has 0 bridgehead atoms. The van der Waals surface area contributed by atoms with Gasteiger partial charge in [-0.15, -0.1) is 10.2 Å². The summed E-state index contributed by atoms with van der Waals surface area (Å²) < 4.78 is 35.3. The number of hydrogen-bond acceptors (Lipinski definition) is 6. The molecular formula is C15H11ClF2N4O2. The molecule has 2 aromatic heterocycles. The zero-order valence-corrected chi connectivity index (χ0v) is 13.1. The van der Waals surface area contributed by atoms with Crippen LogP contribution < -0.4 is 4.74 Å². The Hall–Kier alpha value is -2.61. The maximum Gasteiger partial charge on any atom is 0.316 e. The molecule has 0 aliphatic rings. The molecule has 24 heavy (non-hydrogen) atoms. The van der Waals surface area contributed by atoms with Crippen molar-refractivity contribution in [2.24, 2.45) is 0 Å². The summed E-state index contributed by atoms with van der Waals surface area (Å²) in [5, 5.41) is 7.37. The van der Waals surface area contributed by atoms with Gasteiger partial charge in [-0.1, -0.05) is 23.7 Å². The van der Waals surface area contributed by atoms with Crippen LogP contribution in [0.3, 0.4) is 0 Å². The second-order valence-electron chi connectivity index (χ2n) is 4.82. The van der Waals surface area contributed by atoms with Gasteiger partial charge in [-0.25, -0.2) is 9.97 Å². The van der Waals surface area contributed by atoms with Crippen molar-refractivity contribution >= 4 is 11.6 Å². The van der Waals surface area contributed by atoms with E-state index in [9.17, 15) is 8.78 Å². The molecule has 2 heterocycles. The first-order chi connectivity index (χ1) is 11.5. The highest BCUT2D eigenvalue weighted by Gasteiger charge is 2.17. The molecule has 0 aliphatic carbocycles. The van der Waals surface area contributed by atoms with E-state index in [1.165, 1.54) is 12.4 Å². The summed E-state index contributed by atoms with van der Waals surface area (Å²) in [6.07, 6.45) is -0.428. The van der Waals surface area contributed by atoms with Crippen LogP contribution in [-0.2, 0) is 0 Å². The topological polar surface area (TPSA) is 73.9 Å². The largest absolute Gasteiger partial charge is 0.456 e. The highest BCUT2D eigenvalue weighted by molar-refractivity contribution is 6.30. The zero-order valence-electron chi connectivity index (χ0n) is 12.4. The van der Waals surface area contributed by atoms with Crippen LogP contribution in [0, 0.1) is 0 Å². The van der Waals surface area contributed by atoms with Gasteiger partial charge in [0.2, 0.25) is 0 Å². The lowest BCUT2D eigenvalue weighted by Gasteiger charge is -2.13. The van der Waals surface area contributed by atoms with E-state index in [1.54, 1.807) is 12.1 Å². The lowest BCUT2D eigenvalue weighted by Crippen LogP contribution is -2.05. The highest BCUT2D eigenvalue weighted by Crippen LogP contribution is 2.24. The van der Waals surface area contributed by atoms with Crippen LogP contribution in [0.4, 0.5) is 8.78 Å².